The van der Waals surface area contributed by atoms with Crippen molar-refractivity contribution in [1.29, 1.82) is 0 Å². The fourth-order valence-corrected chi connectivity index (χ4v) is 4.59. The number of carboxylic acid groups (broad SMARTS) is 1. The highest BCUT2D eigenvalue weighted by Crippen LogP contribution is 2.62. The minimum absolute atomic E-state index is 0.0673. The number of carbonyl (C=O) groups is 1. The van der Waals surface area contributed by atoms with Crippen LogP contribution in [0.1, 0.15) is 59.3 Å². The third kappa shape index (κ3) is 1.90. The highest BCUT2D eigenvalue weighted by molar-refractivity contribution is 5.68. The summed E-state index contributed by atoms with van der Waals surface area (Å²) in [7, 11) is 0. The molecule has 0 aromatic heterocycles. The van der Waals surface area contributed by atoms with E-state index in [4.69, 9.17) is 0 Å². The lowest BCUT2D eigenvalue weighted by Gasteiger charge is -2.58. The van der Waals surface area contributed by atoms with Gasteiger partial charge in [-0.25, -0.2) is 0 Å². The van der Waals surface area contributed by atoms with Crippen LogP contribution in [0.2, 0.25) is 0 Å². The van der Waals surface area contributed by atoms with Gasteiger partial charge in [0.2, 0.25) is 0 Å². The second kappa shape index (κ2) is 4.40. The first kappa shape index (κ1) is 13.6. The molecule has 0 heterocycles. The van der Waals surface area contributed by atoms with Crippen LogP contribution < -0.4 is 0 Å². The molecule has 2 rings (SSSR count). The van der Waals surface area contributed by atoms with Gasteiger partial charge >= 0.3 is 5.97 Å². The molecule has 102 valence electrons. The number of hydrogen-bond donors (Lipinski definition) is 1. The molecule has 2 aliphatic carbocycles. The van der Waals surface area contributed by atoms with Gasteiger partial charge in [-0.05, 0) is 54.8 Å². The molecule has 0 spiro atoms. The fraction of sp³-hybridized carbons (Fsp3) is 0.812. The maximum Gasteiger partial charge on any atom is 0.303 e. The minimum atomic E-state index is -0.648. The number of fused-ring (bicyclic) bond motifs is 1. The Labute approximate surface area is 110 Å². The molecule has 2 aliphatic rings. The summed E-state index contributed by atoms with van der Waals surface area (Å²) in [6.07, 6.45) is 6.11. The second-order valence-corrected chi connectivity index (χ2v) is 6.98. The number of carboxylic acids is 1. The van der Waals surface area contributed by atoms with Crippen molar-refractivity contribution in [2.45, 2.75) is 59.3 Å². The van der Waals surface area contributed by atoms with Crippen molar-refractivity contribution in [2.75, 3.05) is 0 Å². The monoisotopic (exact) mass is 250 g/mol. The minimum Gasteiger partial charge on any atom is -0.481 e. The van der Waals surface area contributed by atoms with E-state index in [1.54, 1.807) is 0 Å². The van der Waals surface area contributed by atoms with Gasteiger partial charge in [-0.2, -0.15) is 0 Å². The zero-order valence-electron chi connectivity index (χ0n) is 12.0. The first-order chi connectivity index (χ1) is 8.30. The first-order valence-corrected chi connectivity index (χ1v) is 7.21. The SMILES string of the molecule is C=C1CCC[C@H]2[C@](C)(CC(=O)O)[C@@H](C)CC[C@]12C. The van der Waals surface area contributed by atoms with Gasteiger partial charge in [-0.15, -0.1) is 0 Å². The summed E-state index contributed by atoms with van der Waals surface area (Å²) in [5.74, 6) is 0.341. The van der Waals surface area contributed by atoms with Crippen LogP contribution in [0.5, 0.6) is 0 Å². The Balaban J connectivity index is 2.37. The topological polar surface area (TPSA) is 37.3 Å². The lowest BCUT2D eigenvalue weighted by molar-refractivity contribution is -0.146. The third-order valence-corrected chi connectivity index (χ3v) is 6.10. The molecule has 0 amide bonds. The average molecular weight is 250 g/mol. The lowest BCUT2D eigenvalue weighted by Crippen LogP contribution is -2.51. The Kier molecular flexibility index (Phi) is 3.33. The zero-order valence-corrected chi connectivity index (χ0v) is 12.0. The highest BCUT2D eigenvalue weighted by atomic mass is 16.4. The molecule has 2 saturated carbocycles. The van der Waals surface area contributed by atoms with E-state index in [0.717, 1.165) is 12.8 Å². The Morgan fingerprint density at radius 2 is 2.11 bits per heavy atom. The molecule has 2 nitrogen and oxygen atoms in total. The standard InChI is InChI=1S/C16H26O2/c1-11-6-5-7-13-15(11,3)9-8-12(2)16(13,4)10-14(17)18/h12-13H,1,5-10H2,2-4H3,(H,17,18)/t12-,13+,15+,16+/m0/s1. The van der Waals surface area contributed by atoms with Crippen LogP contribution in [0.4, 0.5) is 0 Å². The van der Waals surface area contributed by atoms with E-state index in [1.807, 2.05) is 0 Å². The molecule has 2 heteroatoms. The Morgan fingerprint density at radius 3 is 2.72 bits per heavy atom. The molecule has 0 radical (unpaired) electrons. The molecule has 0 aromatic carbocycles. The van der Waals surface area contributed by atoms with Crippen LogP contribution >= 0.6 is 0 Å². The van der Waals surface area contributed by atoms with Crippen LogP contribution in [0.15, 0.2) is 12.2 Å². The van der Waals surface area contributed by atoms with Crippen LogP contribution in [0.25, 0.3) is 0 Å². The van der Waals surface area contributed by atoms with Gasteiger partial charge in [-0.3, -0.25) is 4.79 Å². The van der Waals surface area contributed by atoms with E-state index in [2.05, 4.69) is 27.4 Å². The quantitative estimate of drug-likeness (QED) is 0.743. The predicted octanol–water partition coefficient (Wildman–Crippen LogP) is 4.26. The van der Waals surface area contributed by atoms with Crippen LogP contribution in [0, 0.1) is 22.7 Å². The van der Waals surface area contributed by atoms with Crippen molar-refractivity contribution in [3.05, 3.63) is 12.2 Å². The van der Waals surface area contributed by atoms with E-state index in [0.29, 0.717) is 18.3 Å². The third-order valence-electron chi connectivity index (χ3n) is 6.10. The van der Waals surface area contributed by atoms with Crippen molar-refractivity contribution in [2.24, 2.45) is 22.7 Å². The molecule has 1 N–H and O–H groups in total. The summed E-state index contributed by atoms with van der Waals surface area (Å²) in [6.45, 7) is 11.1. The number of rotatable bonds is 2. The lowest BCUT2D eigenvalue weighted by atomic mass is 9.46. The number of aliphatic carboxylic acids is 1. The Morgan fingerprint density at radius 1 is 1.44 bits per heavy atom. The molecule has 4 atom stereocenters. The van der Waals surface area contributed by atoms with Gasteiger partial charge in [0.25, 0.3) is 0 Å². The van der Waals surface area contributed by atoms with Crippen LogP contribution in [-0.4, -0.2) is 11.1 Å². The van der Waals surface area contributed by atoms with Crippen molar-refractivity contribution in [3.8, 4) is 0 Å². The molecule has 0 unspecified atom stereocenters. The molecule has 2 fully saturated rings. The summed E-state index contributed by atoms with van der Waals surface area (Å²) in [6, 6.07) is 0. The molecule has 0 bridgehead atoms. The average Bonchev–Trinajstić information content (AvgIpc) is 2.27. The summed E-state index contributed by atoms with van der Waals surface area (Å²) in [5.41, 5.74) is 1.47. The highest BCUT2D eigenvalue weighted by Gasteiger charge is 2.54. The smallest absolute Gasteiger partial charge is 0.303 e. The number of hydrogen-bond acceptors (Lipinski definition) is 1. The van der Waals surface area contributed by atoms with Gasteiger partial charge in [0.15, 0.2) is 0 Å². The Hall–Kier alpha value is -0.790. The first-order valence-electron chi connectivity index (χ1n) is 7.21. The second-order valence-electron chi connectivity index (χ2n) is 6.98. The van der Waals surface area contributed by atoms with Crippen LogP contribution in [0.3, 0.4) is 0 Å². The van der Waals surface area contributed by atoms with Gasteiger partial charge in [0, 0.05) is 0 Å². The predicted molar refractivity (Wildman–Crippen MR) is 73.3 cm³/mol. The maximum atomic E-state index is 11.3. The van der Waals surface area contributed by atoms with E-state index >= 15 is 0 Å². The van der Waals surface area contributed by atoms with Gasteiger partial charge < -0.3 is 5.11 Å². The van der Waals surface area contributed by atoms with Gasteiger partial charge in [0.1, 0.15) is 0 Å². The number of allylic oxidation sites excluding steroid dienone is 1. The molecular weight excluding hydrogens is 224 g/mol. The van der Waals surface area contributed by atoms with Crippen LogP contribution in [-0.2, 0) is 4.79 Å². The van der Waals surface area contributed by atoms with Crippen molar-refractivity contribution < 1.29 is 9.90 Å². The van der Waals surface area contributed by atoms with E-state index < -0.39 is 5.97 Å². The maximum absolute atomic E-state index is 11.3. The summed E-state index contributed by atoms with van der Waals surface area (Å²) in [4.78, 5) is 11.3. The largest absolute Gasteiger partial charge is 0.481 e. The molecule has 0 aliphatic heterocycles. The van der Waals surface area contributed by atoms with E-state index in [-0.39, 0.29) is 10.8 Å². The Bertz CT molecular complexity index is 373. The normalized spacial score (nSPS) is 44.5. The fourth-order valence-electron chi connectivity index (χ4n) is 4.59. The summed E-state index contributed by atoms with van der Waals surface area (Å²) in [5, 5.41) is 9.27. The molecule has 0 saturated heterocycles. The van der Waals surface area contributed by atoms with Gasteiger partial charge in [0.05, 0.1) is 6.42 Å². The summed E-state index contributed by atoms with van der Waals surface area (Å²) < 4.78 is 0. The molecular formula is C16H26O2. The zero-order chi connectivity index (χ0) is 13.6. The van der Waals surface area contributed by atoms with E-state index in [9.17, 15) is 9.90 Å². The van der Waals surface area contributed by atoms with Crippen molar-refractivity contribution in [3.63, 3.8) is 0 Å². The molecule has 0 aromatic rings. The summed E-state index contributed by atoms with van der Waals surface area (Å²) >= 11 is 0. The molecule has 18 heavy (non-hydrogen) atoms. The van der Waals surface area contributed by atoms with Gasteiger partial charge in [-0.1, -0.05) is 32.9 Å². The van der Waals surface area contributed by atoms with Crippen molar-refractivity contribution >= 4 is 5.97 Å². The van der Waals surface area contributed by atoms with Crippen molar-refractivity contribution in [1.82, 2.24) is 0 Å². The van der Waals surface area contributed by atoms with E-state index in [1.165, 1.54) is 24.8 Å².